The first-order valence-electron chi connectivity index (χ1n) is 13.4. The van der Waals surface area contributed by atoms with Crippen molar-refractivity contribution in [1.82, 2.24) is 9.80 Å². The predicted molar refractivity (Wildman–Crippen MR) is 156 cm³/mol. The van der Waals surface area contributed by atoms with Crippen LogP contribution >= 0.6 is 0 Å². The van der Waals surface area contributed by atoms with Gasteiger partial charge in [0.15, 0.2) is 0 Å². The number of hydrogen-bond acceptors (Lipinski definition) is 6. The van der Waals surface area contributed by atoms with Crippen LogP contribution in [0.1, 0.15) is 19.4 Å². The summed E-state index contributed by atoms with van der Waals surface area (Å²) in [5, 5.41) is 11.9. The lowest BCUT2D eigenvalue weighted by Crippen LogP contribution is -2.55. The van der Waals surface area contributed by atoms with Crippen LogP contribution in [0.25, 0.3) is 22.3 Å². The minimum atomic E-state index is -0.395. The summed E-state index contributed by atoms with van der Waals surface area (Å²) in [6.07, 6.45) is 0. The molecule has 0 aliphatic carbocycles. The molecule has 8 heteroatoms. The van der Waals surface area contributed by atoms with Crippen molar-refractivity contribution in [2.75, 3.05) is 13.3 Å². The van der Waals surface area contributed by atoms with Crippen LogP contribution < -0.4 is 4.74 Å². The largest absolute Gasteiger partial charge is 0.477 e. The number of nitrogens with zero attached hydrogens (tertiary/aromatic N) is 3. The number of nitro benzene ring substituents is 1. The maximum atomic E-state index is 13.4. The number of carbonyl (C=O) groups excluding carboxylic acids is 1. The van der Waals surface area contributed by atoms with Gasteiger partial charge in [0.1, 0.15) is 29.9 Å². The molecule has 5 rings (SSSR count). The molecule has 1 fully saturated rings. The van der Waals surface area contributed by atoms with E-state index in [-0.39, 0.29) is 30.3 Å². The van der Waals surface area contributed by atoms with E-state index < -0.39 is 4.92 Å². The summed E-state index contributed by atoms with van der Waals surface area (Å²) >= 11 is 0. The fourth-order valence-corrected chi connectivity index (χ4v) is 5.27. The van der Waals surface area contributed by atoms with E-state index in [4.69, 9.17) is 4.74 Å². The molecule has 0 amide bonds. The third-order valence-corrected chi connectivity index (χ3v) is 7.48. The van der Waals surface area contributed by atoms with Gasteiger partial charge in [0, 0.05) is 42.4 Å². The maximum Gasteiger partial charge on any atom is 0.270 e. The van der Waals surface area contributed by atoms with E-state index in [1.165, 1.54) is 12.1 Å². The summed E-state index contributed by atoms with van der Waals surface area (Å²) in [7, 11) is 0. The highest BCUT2D eigenvalue weighted by Gasteiger charge is 2.34. The Bertz CT molecular complexity index is 1510. The van der Waals surface area contributed by atoms with Crippen molar-refractivity contribution in [2.45, 2.75) is 32.5 Å². The van der Waals surface area contributed by atoms with Gasteiger partial charge in [-0.3, -0.25) is 15.0 Å². The van der Waals surface area contributed by atoms with Gasteiger partial charge in [0.05, 0.1) is 11.0 Å². The van der Waals surface area contributed by atoms with Crippen LogP contribution in [-0.4, -0.2) is 46.0 Å². The van der Waals surface area contributed by atoms with Crippen LogP contribution in [0, 0.1) is 15.9 Å². The average Bonchev–Trinajstić information content (AvgIpc) is 2.99. The number of benzene rings is 4. The molecule has 0 bridgehead atoms. The van der Waals surface area contributed by atoms with Gasteiger partial charge in [-0.05, 0) is 42.7 Å². The number of halogens is 1. The molecular weight excluding hydrogens is 521 g/mol. The van der Waals surface area contributed by atoms with E-state index in [1.807, 2.05) is 79.4 Å². The fraction of sp³-hybridized carbons (Fsp3) is 0.212. The first kappa shape index (κ1) is 27.8. The zero-order valence-electron chi connectivity index (χ0n) is 22.9. The minimum absolute atomic E-state index is 0.0300. The van der Waals surface area contributed by atoms with E-state index in [1.54, 1.807) is 24.3 Å². The number of piperazine rings is 1. The summed E-state index contributed by atoms with van der Waals surface area (Å²) < 4.78 is 20.0. The molecule has 0 unspecified atom stereocenters. The van der Waals surface area contributed by atoms with Crippen LogP contribution in [0.3, 0.4) is 0 Å². The highest BCUT2D eigenvalue weighted by molar-refractivity contribution is 5.85. The summed E-state index contributed by atoms with van der Waals surface area (Å²) in [5.41, 5.74) is 4.17. The predicted octanol–water partition coefficient (Wildman–Crippen LogP) is 6.71. The van der Waals surface area contributed by atoms with Crippen molar-refractivity contribution in [1.29, 1.82) is 0 Å². The Labute approximate surface area is 238 Å². The Morgan fingerprint density at radius 1 is 0.927 bits per heavy atom. The van der Waals surface area contributed by atoms with Crippen molar-refractivity contribution in [3.63, 3.8) is 0 Å². The molecular formula is C33H30FN3O4. The molecule has 1 heterocycles. The van der Waals surface area contributed by atoms with Gasteiger partial charge in [-0.15, -0.1) is 0 Å². The number of ether oxygens (including phenoxy) is 1. The van der Waals surface area contributed by atoms with Gasteiger partial charge < -0.3 is 9.64 Å². The molecule has 0 saturated carbocycles. The van der Waals surface area contributed by atoms with Crippen molar-refractivity contribution < 1.29 is 18.8 Å². The summed E-state index contributed by atoms with van der Waals surface area (Å²) in [4.78, 5) is 27.7. The molecule has 4 aromatic carbocycles. The van der Waals surface area contributed by atoms with E-state index in [0.717, 1.165) is 16.7 Å². The molecule has 1 aliphatic heterocycles. The van der Waals surface area contributed by atoms with Gasteiger partial charge >= 0.3 is 0 Å². The zero-order valence-corrected chi connectivity index (χ0v) is 22.9. The standard InChI is InChI=1S/C33H30FN3O4/c1-23-19-35(24(2)32(21-38)36(23)20-25-13-15-28(34)16-14-25)22-41-33-30(26-9-5-3-6-10-26)17-29(37(39)40)18-31(33)27-11-7-4-8-12-27/h3-18,23-24H,19-20,22H2,1-2H3/t23-,24+/m1/s1. The van der Waals surface area contributed by atoms with E-state index in [9.17, 15) is 19.3 Å². The second kappa shape index (κ2) is 12.2. The van der Waals surface area contributed by atoms with E-state index >= 15 is 0 Å². The third kappa shape index (κ3) is 6.04. The molecule has 208 valence electrons. The molecule has 0 N–H and O–H groups in total. The number of rotatable bonds is 8. The van der Waals surface area contributed by atoms with E-state index in [2.05, 4.69) is 10.8 Å². The van der Waals surface area contributed by atoms with Gasteiger partial charge in [-0.1, -0.05) is 72.8 Å². The van der Waals surface area contributed by atoms with Crippen LogP contribution in [0.5, 0.6) is 5.75 Å². The van der Waals surface area contributed by atoms with Crippen LogP contribution in [0.2, 0.25) is 0 Å². The first-order valence-corrected chi connectivity index (χ1v) is 13.4. The normalized spacial score (nSPS) is 17.2. The minimum Gasteiger partial charge on any atom is -0.477 e. The Hall–Kier alpha value is -4.78. The quantitative estimate of drug-likeness (QED) is 0.138. The second-order valence-corrected chi connectivity index (χ2v) is 10.2. The lowest BCUT2D eigenvalue weighted by molar-refractivity contribution is -0.384. The highest BCUT2D eigenvalue weighted by atomic mass is 19.1. The first-order chi connectivity index (χ1) is 19.9. The molecule has 0 radical (unpaired) electrons. The Balaban J connectivity index is 1.47. The molecule has 2 atom stereocenters. The lowest BCUT2D eigenvalue weighted by Gasteiger charge is -2.45. The van der Waals surface area contributed by atoms with Crippen molar-refractivity contribution in [3.05, 3.63) is 124 Å². The number of nitro groups is 1. The molecule has 1 aliphatic rings. The molecule has 41 heavy (non-hydrogen) atoms. The van der Waals surface area contributed by atoms with Crippen LogP contribution in [-0.2, 0) is 11.3 Å². The monoisotopic (exact) mass is 551 g/mol. The zero-order chi connectivity index (χ0) is 28.9. The lowest BCUT2D eigenvalue weighted by atomic mass is 9.96. The van der Waals surface area contributed by atoms with Gasteiger partial charge in [0.25, 0.3) is 5.69 Å². The Morgan fingerprint density at radius 3 is 2.00 bits per heavy atom. The maximum absolute atomic E-state index is 13.4. The van der Waals surface area contributed by atoms with Gasteiger partial charge in [0.2, 0.25) is 0 Å². The number of hydrogen-bond donors (Lipinski definition) is 0. The topological polar surface area (TPSA) is 75.9 Å². The number of non-ortho nitro benzene ring substituents is 1. The van der Waals surface area contributed by atoms with Crippen molar-refractivity contribution in [2.24, 2.45) is 0 Å². The van der Waals surface area contributed by atoms with Gasteiger partial charge in [-0.2, -0.15) is 0 Å². The summed E-state index contributed by atoms with van der Waals surface area (Å²) in [6.45, 7) is 5.17. The van der Waals surface area contributed by atoms with E-state index in [0.29, 0.717) is 35.7 Å². The SMILES string of the molecule is C[C@@H]1CN(COc2c(-c3ccccc3)cc([N+](=O)[O-])cc2-c2ccccc2)[C@@H](C)C(=C=O)N1Cc1ccc(F)cc1. The van der Waals surface area contributed by atoms with Crippen LogP contribution in [0.4, 0.5) is 10.1 Å². The molecule has 4 aromatic rings. The second-order valence-electron chi connectivity index (χ2n) is 10.2. The van der Waals surface area contributed by atoms with Crippen molar-refractivity contribution >= 4 is 11.6 Å². The highest BCUT2D eigenvalue weighted by Crippen LogP contribution is 2.42. The fourth-order valence-electron chi connectivity index (χ4n) is 5.27. The Kier molecular flexibility index (Phi) is 8.24. The smallest absolute Gasteiger partial charge is 0.270 e. The molecule has 1 saturated heterocycles. The molecule has 7 nitrogen and oxygen atoms in total. The van der Waals surface area contributed by atoms with Crippen molar-refractivity contribution in [3.8, 4) is 28.0 Å². The molecule has 0 spiro atoms. The Morgan fingerprint density at radius 2 is 1.49 bits per heavy atom. The average molecular weight is 552 g/mol. The van der Waals surface area contributed by atoms with Crippen LogP contribution in [0.15, 0.2) is 103 Å². The summed E-state index contributed by atoms with van der Waals surface area (Å²) in [6, 6.07) is 27.9. The summed E-state index contributed by atoms with van der Waals surface area (Å²) in [5.74, 6) is 2.35. The molecule has 0 aromatic heterocycles. The third-order valence-electron chi connectivity index (χ3n) is 7.48. The van der Waals surface area contributed by atoms with Gasteiger partial charge in [-0.25, -0.2) is 9.18 Å².